The average molecular weight is 543 g/mol. The molecule has 3 fully saturated rings. The number of rotatable bonds is 7. The Morgan fingerprint density at radius 2 is 1.84 bits per heavy atom. The van der Waals surface area contributed by atoms with Crippen LogP contribution in [-0.4, -0.2) is 77.4 Å². The van der Waals surface area contributed by atoms with Crippen molar-refractivity contribution in [1.29, 1.82) is 0 Å². The van der Waals surface area contributed by atoms with Gasteiger partial charge >= 0.3 is 17.9 Å². The molecule has 9 atom stereocenters. The summed E-state index contributed by atoms with van der Waals surface area (Å²) in [6.45, 7) is 7.91. The highest BCUT2D eigenvalue weighted by Gasteiger charge is 2.67. The van der Waals surface area contributed by atoms with Crippen LogP contribution in [0.2, 0.25) is 0 Å². The monoisotopic (exact) mass is 542 g/mol. The Balaban J connectivity index is 1.80. The Hall–Kier alpha value is -2.14. The van der Waals surface area contributed by atoms with E-state index in [1.54, 1.807) is 6.08 Å². The first-order valence-electron chi connectivity index (χ1n) is 12.5. The SMILES string of the molecule is CC(=O)OC(C=C(C)C)C(OC(C)=O)C1=CO[C@H](OC(C)=O)[C@@H]2[C@@H]1CC[C@@](O)(CCl)[C@H]1O[C@@H]1C[C@@]21CO1. The summed E-state index contributed by atoms with van der Waals surface area (Å²) >= 11 is 6.21. The number of carbonyl (C=O) groups excluding carboxylic acids is 3. The minimum Gasteiger partial charge on any atom is -0.462 e. The fourth-order valence-corrected chi connectivity index (χ4v) is 6.05. The second-order valence-corrected chi connectivity index (χ2v) is 10.9. The number of halogens is 1. The van der Waals surface area contributed by atoms with Gasteiger partial charge in [0.25, 0.3) is 0 Å². The van der Waals surface area contributed by atoms with E-state index in [4.69, 9.17) is 40.0 Å². The maximum absolute atomic E-state index is 12.2. The maximum atomic E-state index is 12.2. The summed E-state index contributed by atoms with van der Waals surface area (Å²) in [4.78, 5) is 36.2. The molecule has 2 saturated heterocycles. The summed E-state index contributed by atoms with van der Waals surface area (Å²) in [6, 6.07) is 0. The topological polar surface area (TPSA) is 133 Å². The number of hydrogen-bond acceptors (Lipinski definition) is 10. The molecule has 0 aromatic heterocycles. The van der Waals surface area contributed by atoms with Crippen LogP contribution in [0.1, 0.15) is 53.9 Å². The minimum absolute atomic E-state index is 0.0243. The number of epoxide rings is 2. The molecule has 11 heteroatoms. The van der Waals surface area contributed by atoms with Crippen molar-refractivity contribution in [3.8, 4) is 0 Å². The maximum Gasteiger partial charge on any atom is 0.305 e. The third-order valence-corrected chi connectivity index (χ3v) is 7.86. The van der Waals surface area contributed by atoms with E-state index in [1.165, 1.54) is 27.0 Å². The van der Waals surface area contributed by atoms with Gasteiger partial charge < -0.3 is 33.5 Å². The van der Waals surface area contributed by atoms with E-state index < -0.39 is 65.5 Å². The lowest BCUT2D eigenvalue weighted by molar-refractivity contribution is -0.195. The van der Waals surface area contributed by atoms with Gasteiger partial charge in [-0.25, -0.2) is 0 Å². The highest BCUT2D eigenvalue weighted by atomic mass is 35.5. The fraction of sp³-hybridized carbons (Fsp3) is 0.731. The van der Waals surface area contributed by atoms with E-state index in [9.17, 15) is 19.5 Å². The van der Waals surface area contributed by atoms with Gasteiger partial charge in [0.15, 0.2) is 12.2 Å². The van der Waals surface area contributed by atoms with Crippen molar-refractivity contribution < 1.29 is 47.9 Å². The number of esters is 3. The van der Waals surface area contributed by atoms with Crippen molar-refractivity contribution in [2.75, 3.05) is 12.5 Å². The predicted molar refractivity (Wildman–Crippen MR) is 129 cm³/mol. The Morgan fingerprint density at radius 1 is 1.16 bits per heavy atom. The fourth-order valence-electron chi connectivity index (χ4n) is 5.77. The lowest BCUT2D eigenvalue weighted by Crippen LogP contribution is -2.50. The largest absolute Gasteiger partial charge is 0.462 e. The molecule has 37 heavy (non-hydrogen) atoms. The Bertz CT molecular complexity index is 984. The van der Waals surface area contributed by atoms with E-state index in [2.05, 4.69) is 0 Å². The van der Waals surface area contributed by atoms with Crippen LogP contribution in [0.15, 0.2) is 23.5 Å². The molecule has 0 amide bonds. The summed E-state index contributed by atoms with van der Waals surface area (Å²) in [5.74, 6) is -2.59. The quantitative estimate of drug-likeness (QED) is 0.168. The van der Waals surface area contributed by atoms with Crippen molar-refractivity contribution in [1.82, 2.24) is 0 Å². The second kappa shape index (κ2) is 10.6. The van der Waals surface area contributed by atoms with E-state index in [0.29, 0.717) is 25.0 Å². The highest BCUT2D eigenvalue weighted by Crippen LogP contribution is 2.56. The van der Waals surface area contributed by atoms with E-state index >= 15 is 0 Å². The number of carbonyl (C=O) groups is 3. The zero-order valence-corrected chi connectivity index (χ0v) is 22.5. The highest BCUT2D eigenvalue weighted by molar-refractivity contribution is 6.18. The van der Waals surface area contributed by atoms with Crippen LogP contribution in [0.3, 0.4) is 0 Å². The van der Waals surface area contributed by atoms with E-state index in [0.717, 1.165) is 5.57 Å². The van der Waals surface area contributed by atoms with Crippen LogP contribution in [0.5, 0.6) is 0 Å². The van der Waals surface area contributed by atoms with Gasteiger partial charge in [0, 0.05) is 32.8 Å². The molecule has 4 aliphatic rings. The van der Waals surface area contributed by atoms with Gasteiger partial charge in [0.05, 0.1) is 30.8 Å². The molecular weight excluding hydrogens is 508 g/mol. The zero-order chi connectivity index (χ0) is 27.1. The summed E-state index contributed by atoms with van der Waals surface area (Å²) < 4.78 is 34.7. The van der Waals surface area contributed by atoms with Gasteiger partial charge in [0.1, 0.15) is 17.3 Å². The number of hydrogen-bond donors (Lipinski definition) is 1. The average Bonchev–Trinajstić information content (AvgIpc) is 3.72. The molecule has 3 aliphatic heterocycles. The van der Waals surface area contributed by atoms with Gasteiger partial charge in [-0.1, -0.05) is 5.57 Å². The van der Waals surface area contributed by atoms with Crippen molar-refractivity contribution in [2.45, 2.75) is 95.8 Å². The molecule has 10 nitrogen and oxygen atoms in total. The Morgan fingerprint density at radius 3 is 2.38 bits per heavy atom. The van der Waals surface area contributed by atoms with Crippen LogP contribution in [0.25, 0.3) is 0 Å². The molecular formula is C26H35ClO10. The molecule has 4 rings (SSSR count). The number of ether oxygens (including phenoxy) is 6. The summed E-state index contributed by atoms with van der Waals surface area (Å²) in [5, 5.41) is 11.3. The van der Waals surface area contributed by atoms with E-state index in [1.807, 2.05) is 13.8 Å². The molecule has 1 saturated carbocycles. The third-order valence-electron chi connectivity index (χ3n) is 7.40. The van der Waals surface area contributed by atoms with Gasteiger partial charge in [0.2, 0.25) is 6.29 Å². The lowest BCUT2D eigenvalue weighted by atomic mass is 9.70. The van der Waals surface area contributed by atoms with E-state index in [-0.39, 0.29) is 18.4 Å². The minimum atomic E-state index is -1.27. The molecule has 2 unspecified atom stereocenters. The van der Waals surface area contributed by atoms with Gasteiger partial charge in [-0.3, -0.25) is 14.4 Å². The number of fused-ring (bicyclic) bond motifs is 3. The lowest BCUT2D eigenvalue weighted by Gasteiger charge is -2.43. The summed E-state index contributed by atoms with van der Waals surface area (Å²) in [6.07, 6.45) is 0.602. The first-order valence-corrected chi connectivity index (χ1v) is 13.0. The standard InChI is InChI=1S/C26H35ClO10/c1-13(2)8-19(34-14(3)28)22(35-15(4)29)18-10-32-24(36-16(5)30)21-17(18)6-7-25(31,11-27)23-20(37-23)9-26(21)12-33-26/h8,10,17,19-24,31H,6-7,9,11-12H2,1-5H3/t17-,19?,20-,21+,22?,23+,24-,25-,26-/m1/s1. The molecule has 1 spiro atoms. The molecule has 1 N–H and O–H groups in total. The number of alkyl halides is 1. The number of aliphatic hydroxyl groups is 1. The molecule has 0 aromatic rings. The normalized spacial score (nSPS) is 37.5. The summed E-state index contributed by atoms with van der Waals surface area (Å²) in [7, 11) is 0. The van der Waals surface area contributed by atoms with Crippen molar-refractivity contribution in [3.63, 3.8) is 0 Å². The van der Waals surface area contributed by atoms with Gasteiger partial charge in [-0.05, 0) is 38.7 Å². The molecule has 206 valence electrons. The van der Waals surface area contributed by atoms with Crippen molar-refractivity contribution in [3.05, 3.63) is 23.5 Å². The van der Waals surface area contributed by atoms with Crippen molar-refractivity contribution >= 4 is 29.5 Å². The summed E-state index contributed by atoms with van der Waals surface area (Å²) in [5.41, 5.74) is -0.630. The molecule has 1 aliphatic carbocycles. The first-order chi connectivity index (χ1) is 17.4. The first kappa shape index (κ1) is 27.9. The molecule has 0 radical (unpaired) electrons. The Kier molecular flexibility index (Phi) is 7.95. The predicted octanol–water partition coefficient (Wildman–Crippen LogP) is 2.54. The molecule has 0 aromatic carbocycles. The van der Waals surface area contributed by atoms with Crippen LogP contribution in [0.4, 0.5) is 0 Å². The molecule has 0 bridgehead atoms. The second-order valence-electron chi connectivity index (χ2n) is 10.6. The van der Waals surface area contributed by atoms with Crippen LogP contribution in [0, 0.1) is 11.8 Å². The third kappa shape index (κ3) is 5.97. The van der Waals surface area contributed by atoms with Gasteiger partial charge in [-0.2, -0.15) is 0 Å². The smallest absolute Gasteiger partial charge is 0.305 e. The van der Waals surface area contributed by atoms with Crippen LogP contribution >= 0.6 is 11.6 Å². The molecule has 3 heterocycles. The van der Waals surface area contributed by atoms with Crippen molar-refractivity contribution in [2.24, 2.45) is 11.8 Å². The van der Waals surface area contributed by atoms with Crippen LogP contribution in [-0.2, 0) is 42.8 Å². The van der Waals surface area contributed by atoms with Crippen LogP contribution < -0.4 is 0 Å². The Labute approximate surface area is 221 Å². The van der Waals surface area contributed by atoms with Gasteiger partial charge in [-0.15, -0.1) is 11.6 Å². The zero-order valence-electron chi connectivity index (χ0n) is 21.7. The number of allylic oxidation sites excluding steroid dienone is 1.